The Morgan fingerprint density at radius 1 is 1.27 bits per heavy atom. The van der Waals surface area contributed by atoms with Crippen LogP contribution in [0.2, 0.25) is 5.02 Å². The van der Waals surface area contributed by atoms with Crippen molar-refractivity contribution in [2.24, 2.45) is 5.10 Å². The molecule has 6 nitrogen and oxygen atoms in total. The van der Waals surface area contributed by atoms with E-state index in [0.29, 0.717) is 22.3 Å². The molecule has 3 rings (SSSR count). The molecular weight excluding hydrogens is 386 g/mol. The van der Waals surface area contributed by atoms with Crippen LogP contribution in [0, 0.1) is 0 Å². The van der Waals surface area contributed by atoms with Crippen molar-refractivity contribution in [3.8, 4) is 5.75 Å². The molecule has 0 bridgehead atoms. The highest BCUT2D eigenvalue weighted by Crippen LogP contribution is 2.22. The van der Waals surface area contributed by atoms with Gasteiger partial charge in [-0.3, -0.25) is 0 Å². The van der Waals surface area contributed by atoms with Crippen molar-refractivity contribution in [3.05, 3.63) is 58.8 Å². The number of halogens is 3. The maximum atomic E-state index is 12.9. The number of hydrogen-bond donors (Lipinski definition) is 0. The lowest BCUT2D eigenvalue weighted by molar-refractivity contribution is 0.135. The van der Waals surface area contributed by atoms with E-state index in [0.717, 1.165) is 16.4 Å². The van der Waals surface area contributed by atoms with Crippen molar-refractivity contribution in [1.82, 2.24) is 14.9 Å². The first-order valence-corrected chi connectivity index (χ1v) is 8.96. The summed E-state index contributed by atoms with van der Waals surface area (Å²) >= 11 is 6.98. The lowest BCUT2D eigenvalue weighted by Crippen LogP contribution is -2.00. The summed E-state index contributed by atoms with van der Waals surface area (Å²) in [5.41, 5.74) is 0. The van der Waals surface area contributed by atoms with Gasteiger partial charge in [-0.1, -0.05) is 23.4 Å². The van der Waals surface area contributed by atoms with Crippen LogP contribution in [0.1, 0.15) is 23.8 Å². The molecule has 136 valence electrons. The van der Waals surface area contributed by atoms with E-state index in [2.05, 4.69) is 15.3 Å². The van der Waals surface area contributed by atoms with E-state index < -0.39 is 12.2 Å². The van der Waals surface area contributed by atoms with E-state index >= 15 is 0 Å². The number of furan rings is 1. The minimum absolute atomic E-state index is 0.209. The first-order chi connectivity index (χ1) is 12.6. The molecule has 2 aromatic heterocycles. The highest BCUT2D eigenvalue weighted by molar-refractivity contribution is 7.98. The second-order valence-electron chi connectivity index (χ2n) is 4.95. The van der Waals surface area contributed by atoms with Crippen LogP contribution in [0.3, 0.4) is 0 Å². The summed E-state index contributed by atoms with van der Waals surface area (Å²) in [5, 5.41) is 12.0. The van der Waals surface area contributed by atoms with Crippen molar-refractivity contribution < 1.29 is 17.9 Å². The number of nitrogens with zero attached hydrogens (tertiary/aromatic N) is 4. The lowest BCUT2D eigenvalue weighted by Gasteiger charge is -2.03. The number of aromatic nitrogens is 3. The maximum Gasteiger partial charge on any atom is 0.299 e. The van der Waals surface area contributed by atoms with E-state index in [9.17, 15) is 8.78 Å². The Morgan fingerprint density at radius 2 is 2.04 bits per heavy atom. The summed E-state index contributed by atoms with van der Waals surface area (Å²) in [5.74, 6) is 1.07. The van der Waals surface area contributed by atoms with Gasteiger partial charge in [-0.2, -0.15) is 9.78 Å². The molecule has 26 heavy (non-hydrogen) atoms. The Balaban J connectivity index is 1.67. The van der Waals surface area contributed by atoms with E-state index in [-0.39, 0.29) is 11.8 Å². The van der Waals surface area contributed by atoms with Gasteiger partial charge in [-0.25, -0.2) is 8.78 Å². The third-order valence-electron chi connectivity index (χ3n) is 3.19. The van der Waals surface area contributed by atoms with Crippen LogP contribution in [-0.2, 0) is 6.61 Å². The number of rotatable bonds is 7. The van der Waals surface area contributed by atoms with Crippen LogP contribution in [0.4, 0.5) is 8.78 Å². The van der Waals surface area contributed by atoms with E-state index in [1.165, 1.54) is 6.21 Å². The molecule has 10 heteroatoms. The fourth-order valence-electron chi connectivity index (χ4n) is 1.99. The van der Waals surface area contributed by atoms with Gasteiger partial charge in [0.1, 0.15) is 23.9 Å². The van der Waals surface area contributed by atoms with E-state index in [4.69, 9.17) is 20.8 Å². The number of ether oxygens (including phenoxy) is 1. The lowest BCUT2D eigenvalue weighted by atomic mass is 10.3. The minimum atomic E-state index is -2.78. The molecule has 0 aliphatic rings. The average molecular weight is 399 g/mol. The number of hydrogen-bond acceptors (Lipinski definition) is 6. The molecular formula is C16H13ClF2N4O2S. The normalized spacial score (nSPS) is 11.6. The monoisotopic (exact) mass is 398 g/mol. The molecule has 0 spiro atoms. The zero-order valence-corrected chi connectivity index (χ0v) is 15.0. The van der Waals surface area contributed by atoms with Crippen molar-refractivity contribution in [1.29, 1.82) is 0 Å². The third kappa shape index (κ3) is 4.41. The Labute approximate surface area is 156 Å². The predicted octanol–water partition coefficient (Wildman–Crippen LogP) is 4.65. The van der Waals surface area contributed by atoms with Crippen LogP contribution in [0.5, 0.6) is 5.75 Å². The SMILES string of the molecule is CSc1nnc(C(F)F)n1/N=C\c1ccc(COc2ccc(Cl)cc2)o1. The summed E-state index contributed by atoms with van der Waals surface area (Å²) in [4.78, 5) is 0. The van der Waals surface area contributed by atoms with Gasteiger partial charge < -0.3 is 9.15 Å². The van der Waals surface area contributed by atoms with Gasteiger partial charge >= 0.3 is 0 Å². The smallest absolute Gasteiger partial charge is 0.299 e. The molecule has 0 fully saturated rings. The maximum absolute atomic E-state index is 12.9. The van der Waals surface area contributed by atoms with Crippen molar-refractivity contribution >= 4 is 29.6 Å². The molecule has 0 atom stereocenters. The molecule has 3 aromatic rings. The topological polar surface area (TPSA) is 65.4 Å². The van der Waals surface area contributed by atoms with Gasteiger partial charge in [-0.05, 0) is 42.7 Å². The summed E-state index contributed by atoms with van der Waals surface area (Å²) in [6, 6.07) is 10.3. The fraction of sp³-hybridized carbons (Fsp3) is 0.188. The molecule has 0 N–H and O–H groups in total. The fourth-order valence-corrected chi connectivity index (χ4v) is 2.55. The largest absolute Gasteiger partial charge is 0.486 e. The molecule has 0 aliphatic carbocycles. The standard InChI is InChI=1S/C16H13ClF2N4O2S/c1-26-16-22-21-15(14(18)19)23(16)20-8-12-6-7-13(25-12)9-24-11-4-2-10(17)3-5-11/h2-8,14H,9H2,1H3/b20-8-. The van der Waals surface area contributed by atoms with Gasteiger partial charge in [0.2, 0.25) is 11.0 Å². The van der Waals surface area contributed by atoms with Crippen LogP contribution in [0.15, 0.2) is 51.1 Å². The van der Waals surface area contributed by atoms with Gasteiger partial charge in [0.15, 0.2) is 0 Å². The quantitative estimate of drug-likeness (QED) is 0.428. The van der Waals surface area contributed by atoms with Gasteiger partial charge in [0.25, 0.3) is 6.43 Å². The molecule has 2 heterocycles. The number of alkyl halides is 2. The zero-order chi connectivity index (χ0) is 18.5. The van der Waals surface area contributed by atoms with E-state index in [1.807, 2.05) is 0 Å². The molecule has 0 saturated carbocycles. The van der Waals surface area contributed by atoms with Crippen LogP contribution < -0.4 is 4.74 Å². The molecule has 1 aromatic carbocycles. The van der Waals surface area contributed by atoms with Crippen molar-refractivity contribution in [2.75, 3.05) is 6.26 Å². The molecule has 0 saturated heterocycles. The van der Waals surface area contributed by atoms with Gasteiger partial charge in [0, 0.05) is 5.02 Å². The molecule has 0 aliphatic heterocycles. The highest BCUT2D eigenvalue weighted by Gasteiger charge is 2.19. The molecule has 0 amide bonds. The summed E-state index contributed by atoms with van der Waals surface area (Å²) in [7, 11) is 0. The Morgan fingerprint density at radius 3 is 2.73 bits per heavy atom. The van der Waals surface area contributed by atoms with Crippen molar-refractivity contribution in [2.45, 2.75) is 18.2 Å². The van der Waals surface area contributed by atoms with Crippen LogP contribution >= 0.6 is 23.4 Å². The zero-order valence-electron chi connectivity index (χ0n) is 13.5. The summed E-state index contributed by atoms with van der Waals surface area (Å²) in [6.45, 7) is 0.209. The molecule has 0 radical (unpaired) electrons. The second-order valence-corrected chi connectivity index (χ2v) is 6.16. The first-order valence-electron chi connectivity index (χ1n) is 7.35. The third-order valence-corrected chi connectivity index (χ3v) is 4.06. The Hall–Kier alpha value is -2.39. The van der Waals surface area contributed by atoms with E-state index in [1.54, 1.807) is 42.7 Å². The van der Waals surface area contributed by atoms with Crippen LogP contribution in [0.25, 0.3) is 0 Å². The van der Waals surface area contributed by atoms with Crippen LogP contribution in [-0.4, -0.2) is 27.3 Å². The Kier molecular flexibility index (Phi) is 5.89. The Bertz CT molecular complexity index is 896. The minimum Gasteiger partial charge on any atom is -0.486 e. The number of benzene rings is 1. The van der Waals surface area contributed by atoms with Gasteiger partial charge in [0.05, 0.1) is 6.21 Å². The van der Waals surface area contributed by atoms with Crippen molar-refractivity contribution in [3.63, 3.8) is 0 Å². The van der Waals surface area contributed by atoms with Gasteiger partial charge in [-0.15, -0.1) is 10.2 Å². The molecule has 0 unspecified atom stereocenters. The highest BCUT2D eigenvalue weighted by atomic mass is 35.5. The summed E-state index contributed by atoms with van der Waals surface area (Å²) < 4.78 is 38.0. The second kappa shape index (κ2) is 8.33. The first kappa shape index (κ1) is 18.4. The average Bonchev–Trinajstić information content (AvgIpc) is 3.25. The predicted molar refractivity (Wildman–Crippen MR) is 94.2 cm³/mol. The number of thioether (sulfide) groups is 1. The summed E-state index contributed by atoms with van der Waals surface area (Å²) in [6.07, 6.45) is 0.242.